The molecule has 0 bridgehead atoms. The minimum Gasteiger partial charge on any atom is -0.372 e. The molecule has 18 heavy (non-hydrogen) atoms. The minimum atomic E-state index is -0.119. The van der Waals surface area contributed by atoms with Crippen LogP contribution < -0.4 is 10.2 Å². The number of nitrogens with one attached hydrogen (secondary N) is 1. The van der Waals surface area contributed by atoms with Crippen molar-refractivity contribution < 1.29 is 4.39 Å². The van der Waals surface area contributed by atoms with E-state index in [1.165, 1.54) is 25.7 Å². The third kappa shape index (κ3) is 2.83. The van der Waals surface area contributed by atoms with E-state index in [2.05, 4.69) is 17.3 Å². The molecular weight excluding hydrogens is 227 g/mol. The maximum absolute atomic E-state index is 13.3. The van der Waals surface area contributed by atoms with Crippen molar-refractivity contribution in [1.82, 2.24) is 5.32 Å². The van der Waals surface area contributed by atoms with Crippen molar-refractivity contribution in [1.29, 1.82) is 0 Å². The fourth-order valence-electron chi connectivity index (χ4n) is 2.81. The van der Waals surface area contributed by atoms with Gasteiger partial charge in [0.2, 0.25) is 0 Å². The Morgan fingerprint density at radius 3 is 2.44 bits per heavy atom. The summed E-state index contributed by atoms with van der Waals surface area (Å²) < 4.78 is 13.3. The molecule has 0 atom stereocenters. The molecule has 1 aliphatic rings. The van der Waals surface area contributed by atoms with Crippen LogP contribution in [0.2, 0.25) is 0 Å². The molecular formula is C15H23FN2. The highest BCUT2D eigenvalue weighted by atomic mass is 19.1. The Labute approximate surface area is 109 Å². The second-order valence-electron chi connectivity index (χ2n) is 5.34. The normalized spacial score (nSPS) is 24.0. The van der Waals surface area contributed by atoms with E-state index >= 15 is 0 Å². The average molecular weight is 250 g/mol. The number of anilines is 1. The molecule has 0 aliphatic heterocycles. The lowest BCUT2D eigenvalue weighted by Crippen LogP contribution is -2.39. The highest BCUT2D eigenvalue weighted by Crippen LogP contribution is 2.27. The molecule has 1 aliphatic carbocycles. The summed E-state index contributed by atoms with van der Waals surface area (Å²) in [5, 5.41) is 3.35. The number of benzene rings is 1. The van der Waals surface area contributed by atoms with Gasteiger partial charge < -0.3 is 10.2 Å². The Bertz CT molecular complexity index is 397. The first-order valence-corrected chi connectivity index (χ1v) is 6.78. The molecule has 2 rings (SSSR count). The molecule has 1 N–H and O–H groups in total. The van der Waals surface area contributed by atoms with Gasteiger partial charge in [-0.2, -0.15) is 0 Å². The highest BCUT2D eigenvalue weighted by Gasteiger charge is 2.23. The van der Waals surface area contributed by atoms with E-state index in [9.17, 15) is 4.39 Å². The molecule has 0 radical (unpaired) electrons. The van der Waals surface area contributed by atoms with Crippen LogP contribution in [0.5, 0.6) is 0 Å². The maximum atomic E-state index is 13.3. The van der Waals surface area contributed by atoms with Crippen LogP contribution in [0.15, 0.2) is 18.2 Å². The van der Waals surface area contributed by atoms with Crippen molar-refractivity contribution in [3.63, 3.8) is 0 Å². The van der Waals surface area contributed by atoms with Gasteiger partial charge >= 0.3 is 0 Å². The average Bonchev–Trinajstić information content (AvgIpc) is 2.41. The number of hydrogen-bond acceptors (Lipinski definition) is 2. The number of aryl methyl sites for hydroxylation is 1. The van der Waals surface area contributed by atoms with E-state index in [1.54, 1.807) is 6.07 Å². The van der Waals surface area contributed by atoms with Gasteiger partial charge in [0.25, 0.3) is 0 Å². The number of rotatable bonds is 3. The van der Waals surface area contributed by atoms with E-state index in [0.29, 0.717) is 12.1 Å². The molecule has 100 valence electrons. The van der Waals surface area contributed by atoms with Gasteiger partial charge in [-0.05, 0) is 63.4 Å². The van der Waals surface area contributed by atoms with Crippen LogP contribution in [0.3, 0.4) is 0 Å². The standard InChI is InChI=1S/C15H23FN2/c1-11-10-14(8-9-15(11)16)18(3)13-6-4-12(17-2)5-7-13/h8-10,12-13,17H,4-7H2,1-3H3. The van der Waals surface area contributed by atoms with Gasteiger partial charge in [0.15, 0.2) is 0 Å². The van der Waals surface area contributed by atoms with E-state index in [-0.39, 0.29) is 5.82 Å². The van der Waals surface area contributed by atoms with Gasteiger partial charge in [0.1, 0.15) is 5.82 Å². The second kappa shape index (κ2) is 5.70. The third-order valence-corrected chi connectivity index (χ3v) is 4.20. The Morgan fingerprint density at radius 1 is 1.22 bits per heavy atom. The molecule has 3 heteroatoms. The van der Waals surface area contributed by atoms with Crippen molar-refractivity contribution in [2.45, 2.75) is 44.7 Å². The molecule has 2 nitrogen and oxygen atoms in total. The Hall–Kier alpha value is -1.09. The molecule has 1 aromatic rings. The predicted octanol–water partition coefficient (Wildman–Crippen LogP) is 3.10. The maximum Gasteiger partial charge on any atom is 0.126 e. The molecule has 0 heterocycles. The summed E-state index contributed by atoms with van der Waals surface area (Å²) in [6, 6.07) is 6.65. The Balaban J connectivity index is 2.03. The summed E-state index contributed by atoms with van der Waals surface area (Å²) in [6.07, 6.45) is 4.87. The second-order valence-corrected chi connectivity index (χ2v) is 5.34. The topological polar surface area (TPSA) is 15.3 Å². The Kier molecular flexibility index (Phi) is 4.23. The summed E-state index contributed by atoms with van der Waals surface area (Å²) in [5.41, 5.74) is 1.85. The third-order valence-electron chi connectivity index (χ3n) is 4.20. The molecule has 1 fully saturated rings. The minimum absolute atomic E-state index is 0.119. The van der Waals surface area contributed by atoms with Crippen LogP contribution in [-0.2, 0) is 0 Å². The fourth-order valence-corrected chi connectivity index (χ4v) is 2.81. The van der Waals surface area contributed by atoms with Crippen LogP contribution in [0.1, 0.15) is 31.2 Å². The highest BCUT2D eigenvalue weighted by molar-refractivity contribution is 5.49. The largest absolute Gasteiger partial charge is 0.372 e. The lowest BCUT2D eigenvalue weighted by molar-refractivity contribution is 0.351. The number of halogens is 1. The van der Waals surface area contributed by atoms with Gasteiger partial charge in [-0.3, -0.25) is 0 Å². The predicted molar refractivity (Wildman–Crippen MR) is 74.6 cm³/mol. The summed E-state index contributed by atoms with van der Waals surface area (Å²) in [6.45, 7) is 1.82. The smallest absolute Gasteiger partial charge is 0.126 e. The zero-order valence-electron chi connectivity index (χ0n) is 11.5. The molecule has 0 unspecified atom stereocenters. The van der Waals surface area contributed by atoms with Crippen molar-refractivity contribution in [3.8, 4) is 0 Å². The molecule has 0 spiro atoms. The van der Waals surface area contributed by atoms with Crippen molar-refractivity contribution >= 4 is 5.69 Å². The first-order valence-electron chi connectivity index (χ1n) is 6.78. The van der Waals surface area contributed by atoms with Crippen molar-refractivity contribution in [2.75, 3.05) is 19.0 Å². The monoisotopic (exact) mass is 250 g/mol. The summed E-state index contributed by atoms with van der Waals surface area (Å²) in [5.74, 6) is -0.119. The quantitative estimate of drug-likeness (QED) is 0.886. The Morgan fingerprint density at radius 2 is 1.89 bits per heavy atom. The van der Waals surface area contributed by atoms with Crippen molar-refractivity contribution in [3.05, 3.63) is 29.6 Å². The van der Waals surface area contributed by atoms with E-state index in [1.807, 2.05) is 26.1 Å². The lowest BCUT2D eigenvalue weighted by Gasteiger charge is -2.36. The summed E-state index contributed by atoms with van der Waals surface area (Å²) in [7, 11) is 4.16. The SMILES string of the molecule is CNC1CCC(N(C)c2ccc(F)c(C)c2)CC1. The van der Waals surface area contributed by atoms with Gasteiger partial charge in [-0.1, -0.05) is 0 Å². The van der Waals surface area contributed by atoms with Crippen LogP contribution in [0, 0.1) is 12.7 Å². The van der Waals surface area contributed by atoms with E-state index in [0.717, 1.165) is 11.3 Å². The molecule has 0 amide bonds. The molecule has 1 aromatic carbocycles. The van der Waals surface area contributed by atoms with Crippen LogP contribution in [0.4, 0.5) is 10.1 Å². The number of nitrogens with zero attached hydrogens (tertiary/aromatic N) is 1. The lowest BCUT2D eigenvalue weighted by atomic mass is 9.90. The first kappa shape index (κ1) is 13.3. The van der Waals surface area contributed by atoms with Gasteiger partial charge in [0, 0.05) is 24.8 Å². The van der Waals surface area contributed by atoms with Gasteiger partial charge in [-0.15, -0.1) is 0 Å². The first-order chi connectivity index (χ1) is 8.61. The van der Waals surface area contributed by atoms with Gasteiger partial charge in [0.05, 0.1) is 0 Å². The molecule has 0 aromatic heterocycles. The molecule has 1 saturated carbocycles. The van der Waals surface area contributed by atoms with Gasteiger partial charge in [-0.25, -0.2) is 4.39 Å². The van der Waals surface area contributed by atoms with Crippen molar-refractivity contribution in [2.24, 2.45) is 0 Å². The van der Waals surface area contributed by atoms with E-state index < -0.39 is 0 Å². The fraction of sp³-hybridized carbons (Fsp3) is 0.600. The van der Waals surface area contributed by atoms with Crippen LogP contribution in [-0.4, -0.2) is 26.2 Å². The zero-order chi connectivity index (χ0) is 13.1. The molecule has 0 saturated heterocycles. The van der Waals surface area contributed by atoms with E-state index in [4.69, 9.17) is 0 Å². The number of hydrogen-bond donors (Lipinski definition) is 1. The van der Waals surface area contributed by atoms with Crippen LogP contribution >= 0.6 is 0 Å². The van der Waals surface area contributed by atoms with Crippen LogP contribution in [0.25, 0.3) is 0 Å². The summed E-state index contributed by atoms with van der Waals surface area (Å²) >= 11 is 0. The summed E-state index contributed by atoms with van der Waals surface area (Å²) in [4.78, 5) is 2.30. The zero-order valence-corrected chi connectivity index (χ0v) is 11.5.